The van der Waals surface area contributed by atoms with Crippen molar-refractivity contribution in [2.75, 3.05) is 31.1 Å². The molecular formula is C29H25N9O. The van der Waals surface area contributed by atoms with Gasteiger partial charge < -0.3 is 10.6 Å². The van der Waals surface area contributed by atoms with Crippen LogP contribution in [0.15, 0.2) is 79.0 Å². The van der Waals surface area contributed by atoms with Crippen LogP contribution in [0.5, 0.6) is 0 Å². The van der Waals surface area contributed by atoms with Crippen molar-refractivity contribution in [1.29, 1.82) is 5.26 Å². The molecule has 0 saturated carbocycles. The molecular weight excluding hydrogens is 490 g/mol. The number of carbonyl (C=O) groups excluding carboxylic acids is 1. The van der Waals surface area contributed by atoms with E-state index in [-0.39, 0.29) is 11.5 Å². The van der Waals surface area contributed by atoms with Crippen LogP contribution in [0, 0.1) is 11.3 Å². The summed E-state index contributed by atoms with van der Waals surface area (Å²) in [6.45, 7) is 4.30. The zero-order chi connectivity index (χ0) is 26.8. The summed E-state index contributed by atoms with van der Waals surface area (Å²) in [4.78, 5) is 29.5. The Morgan fingerprint density at radius 2 is 1.67 bits per heavy atom. The lowest BCUT2D eigenvalue weighted by Crippen LogP contribution is -2.46. The third-order valence-corrected chi connectivity index (χ3v) is 6.85. The van der Waals surface area contributed by atoms with E-state index < -0.39 is 5.91 Å². The van der Waals surface area contributed by atoms with E-state index in [4.69, 9.17) is 16.0 Å². The fourth-order valence-corrected chi connectivity index (χ4v) is 4.86. The second kappa shape index (κ2) is 10.3. The van der Waals surface area contributed by atoms with Crippen LogP contribution in [0.4, 0.5) is 5.82 Å². The molecule has 2 aromatic carbocycles. The number of primary amides is 1. The van der Waals surface area contributed by atoms with Crippen LogP contribution in [0.3, 0.4) is 0 Å². The lowest BCUT2D eigenvalue weighted by Gasteiger charge is -2.35. The summed E-state index contributed by atoms with van der Waals surface area (Å²) in [6.07, 6.45) is 1.63. The number of rotatable bonds is 6. The van der Waals surface area contributed by atoms with Crippen LogP contribution in [-0.2, 0) is 6.54 Å². The molecule has 6 rings (SSSR count). The highest BCUT2D eigenvalue weighted by Crippen LogP contribution is 2.32. The van der Waals surface area contributed by atoms with E-state index in [1.54, 1.807) is 22.8 Å². The molecule has 192 valence electrons. The van der Waals surface area contributed by atoms with Crippen molar-refractivity contribution in [3.8, 4) is 28.6 Å². The molecule has 0 spiro atoms. The van der Waals surface area contributed by atoms with Crippen LogP contribution < -0.4 is 10.6 Å². The number of nitriles is 1. The highest BCUT2D eigenvalue weighted by molar-refractivity contribution is 5.91. The third-order valence-electron chi connectivity index (χ3n) is 6.85. The van der Waals surface area contributed by atoms with Gasteiger partial charge in [0.1, 0.15) is 23.3 Å². The lowest BCUT2D eigenvalue weighted by atomic mass is 10.0. The minimum Gasteiger partial charge on any atom is -0.364 e. The minimum atomic E-state index is -0.583. The van der Waals surface area contributed by atoms with Crippen LogP contribution in [0.25, 0.3) is 28.2 Å². The lowest BCUT2D eigenvalue weighted by molar-refractivity contribution is 0.0994. The molecule has 1 fully saturated rings. The molecule has 5 aromatic rings. The Morgan fingerprint density at radius 3 is 2.38 bits per heavy atom. The van der Waals surface area contributed by atoms with Gasteiger partial charge in [-0.3, -0.25) is 9.69 Å². The van der Waals surface area contributed by atoms with Gasteiger partial charge in [-0.1, -0.05) is 54.6 Å². The van der Waals surface area contributed by atoms with Crippen LogP contribution in [-0.4, -0.2) is 61.6 Å². The minimum absolute atomic E-state index is 0.185. The van der Waals surface area contributed by atoms with Crippen molar-refractivity contribution in [3.63, 3.8) is 0 Å². The van der Waals surface area contributed by atoms with Gasteiger partial charge in [0.05, 0.1) is 5.69 Å². The maximum atomic E-state index is 11.8. The number of piperazine rings is 1. The molecule has 10 nitrogen and oxygen atoms in total. The van der Waals surface area contributed by atoms with E-state index in [0.29, 0.717) is 5.65 Å². The van der Waals surface area contributed by atoms with Crippen molar-refractivity contribution in [2.24, 2.45) is 5.73 Å². The molecule has 0 aliphatic carbocycles. The summed E-state index contributed by atoms with van der Waals surface area (Å²) in [6, 6.07) is 25.5. The number of nitrogens with zero attached hydrogens (tertiary/aromatic N) is 8. The predicted octanol–water partition coefficient (Wildman–Crippen LogP) is 3.15. The molecule has 1 aliphatic rings. The number of hydrogen-bond acceptors (Lipinski definition) is 8. The molecule has 0 bridgehead atoms. The van der Waals surface area contributed by atoms with Crippen molar-refractivity contribution >= 4 is 17.4 Å². The Bertz CT molecular complexity index is 1680. The summed E-state index contributed by atoms with van der Waals surface area (Å²) in [5.74, 6) is 0.408. The van der Waals surface area contributed by atoms with E-state index in [1.807, 2.05) is 42.5 Å². The second-order valence-electron chi connectivity index (χ2n) is 9.34. The van der Waals surface area contributed by atoms with Gasteiger partial charge in [0, 0.05) is 50.0 Å². The number of amides is 1. The molecule has 0 radical (unpaired) electrons. The first kappa shape index (κ1) is 24.2. The molecule has 10 heteroatoms. The SMILES string of the molecule is N#Cc1nccc(N2CCN(Cc3ccc(-c4nc5ccc(C(N)=O)nn5c4-c4ccccc4)cc3)CC2)n1. The standard InChI is InChI=1S/C29H25N9O/c30-18-24-32-13-12-25(33-24)37-16-14-36(15-17-37)19-20-6-8-21(9-7-20)27-28(22-4-2-1-3-5-22)38-26(34-27)11-10-23(35-38)29(31)39/h1-13H,14-17,19H2,(H2,31,39). The molecule has 0 unspecified atom stereocenters. The monoisotopic (exact) mass is 515 g/mol. The number of fused-ring (bicyclic) bond motifs is 1. The Morgan fingerprint density at radius 1 is 0.897 bits per heavy atom. The van der Waals surface area contributed by atoms with Gasteiger partial charge in [-0.2, -0.15) is 10.4 Å². The Labute approximate surface area is 225 Å². The highest BCUT2D eigenvalue weighted by atomic mass is 16.1. The second-order valence-corrected chi connectivity index (χ2v) is 9.34. The average molecular weight is 516 g/mol. The quantitative estimate of drug-likeness (QED) is 0.365. The average Bonchev–Trinajstić information content (AvgIpc) is 3.37. The first-order chi connectivity index (χ1) is 19.1. The van der Waals surface area contributed by atoms with Crippen LogP contribution in [0.2, 0.25) is 0 Å². The summed E-state index contributed by atoms with van der Waals surface area (Å²) in [5, 5.41) is 13.5. The van der Waals surface area contributed by atoms with Gasteiger partial charge in [0.15, 0.2) is 5.65 Å². The van der Waals surface area contributed by atoms with E-state index in [9.17, 15) is 4.79 Å². The highest BCUT2D eigenvalue weighted by Gasteiger charge is 2.20. The number of anilines is 1. The van der Waals surface area contributed by atoms with Crippen LogP contribution in [0.1, 0.15) is 21.9 Å². The third kappa shape index (κ3) is 4.91. The summed E-state index contributed by atoms with van der Waals surface area (Å²) >= 11 is 0. The molecule has 1 amide bonds. The molecule has 4 heterocycles. The first-order valence-corrected chi connectivity index (χ1v) is 12.6. The first-order valence-electron chi connectivity index (χ1n) is 12.6. The van der Waals surface area contributed by atoms with Crippen molar-refractivity contribution in [1.82, 2.24) is 29.5 Å². The summed E-state index contributed by atoms with van der Waals surface area (Å²) in [5.41, 5.74) is 11.0. The molecule has 2 N–H and O–H groups in total. The topological polar surface area (TPSA) is 129 Å². The van der Waals surface area contributed by atoms with Gasteiger partial charge in [0.25, 0.3) is 5.91 Å². The number of hydrogen-bond donors (Lipinski definition) is 1. The molecule has 1 saturated heterocycles. The molecule has 39 heavy (non-hydrogen) atoms. The van der Waals surface area contributed by atoms with Gasteiger partial charge in [-0.15, -0.1) is 0 Å². The zero-order valence-electron chi connectivity index (χ0n) is 21.1. The Hall–Kier alpha value is -5.14. The van der Waals surface area contributed by atoms with E-state index in [2.05, 4.69) is 49.1 Å². The van der Waals surface area contributed by atoms with Crippen molar-refractivity contribution < 1.29 is 4.79 Å². The normalized spacial score (nSPS) is 13.9. The van der Waals surface area contributed by atoms with E-state index in [1.165, 1.54) is 5.56 Å². The Balaban J connectivity index is 1.22. The van der Waals surface area contributed by atoms with Crippen molar-refractivity contribution in [3.05, 3.63) is 96.1 Å². The fourth-order valence-electron chi connectivity index (χ4n) is 4.86. The van der Waals surface area contributed by atoms with Gasteiger partial charge in [0.2, 0.25) is 5.82 Å². The number of aromatic nitrogens is 5. The number of carbonyl (C=O) groups is 1. The van der Waals surface area contributed by atoms with Gasteiger partial charge >= 0.3 is 0 Å². The van der Waals surface area contributed by atoms with Gasteiger partial charge in [-0.05, 0) is 23.8 Å². The van der Waals surface area contributed by atoms with E-state index in [0.717, 1.165) is 61.1 Å². The number of imidazole rings is 1. The summed E-state index contributed by atoms with van der Waals surface area (Å²) in [7, 11) is 0. The number of nitrogens with two attached hydrogens (primary N) is 1. The smallest absolute Gasteiger partial charge is 0.269 e. The Kier molecular flexibility index (Phi) is 6.40. The molecule has 3 aromatic heterocycles. The molecule has 1 aliphatic heterocycles. The number of benzene rings is 2. The van der Waals surface area contributed by atoms with Crippen molar-refractivity contribution in [2.45, 2.75) is 6.54 Å². The largest absolute Gasteiger partial charge is 0.364 e. The predicted molar refractivity (Wildman–Crippen MR) is 147 cm³/mol. The fraction of sp³-hybridized carbons (Fsp3) is 0.172. The van der Waals surface area contributed by atoms with E-state index >= 15 is 0 Å². The van der Waals surface area contributed by atoms with Gasteiger partial charge in [-0.25, -0.2) is 19.5 Å². The molecule has 0 atom stereocenters. The maximum absolute atomic E-state index is 11.8. The summed E-state index contributed by atoms with van der Waals surface area (Å²) < 4.78 is 1.69. The maximum Gasteiger partial charge on any atom is 0.269 e. The van der Waals surface area contributed by atoms with Crippen LogP contribution >= 0.6 is 0 Å². The zero-order valence-corrected chi connectivity index (χ0v) is 21.1.